The molecule has 0 spiro atoms. The van der Waals surface area contributed by atoms with Crippen molar-refractivity contribution in [3.8, 4) is 0 Å². The molecule has 2 aromatic rings. The molecule has 0 saturated carbocycles. The second kappa shape index (κ2) is 5.96. The predicted molar refractivity (Wildman–Crippen MR) is 71.6 cm³/mol. The third kappa shape index (κ3) is 2.82. The minimum atomic E-state index is -0.676. The Kier molecular flexibility index (Phi) is 4.09. The van der Waals surface area contributed by atoms with Gasteiger partial charge in [-0.15, -0.1) is 4.68 Å². The number of rotatable bonds is 4. The van der Waals surface area contributed by atoms with Crippen LogP contribution in [-0.4, -0.2) is 28.8 Å². The number of carbonyl (C=O) groups is 1. The summed E-state index contributed by atoms with van der Waals surface area (Å²) in [5.41, 5.74) is 0.185. The zero-order valence-electron chi connectivity index (χ0n) is 11.2. The fourth-order valence-electron chi connectivity index (χ4n) is 1.65. The maximum Gasteiger partial charge on any atom is 0.434 e. The number of aryl methyl sites for hydroxylation is 1. The Morgan fingerprint density at radius 1 is 1.45 bits per heavy atom. The lowest BCUT2D eigenvalue weighted by Crippen LogP contribution is -2.39. The van der Waals surface area contributed by atoms with Crippen molar-refractivity contribution in [1.29, 1.82) is 0 Å². The molecule has 1 aromatic heterocycles. The number of benzene rings is 1. The van der Waals surface area contributed by atoms with Gasteiger partial charge in [0.2, 0.25) is 0 Å². The first-order valence-corrected chi connectivity index (χ1v) is 6.11. The first kappa shape index (κ1) is 13.7. The normalized spacial score (nSPS) is 10.9. The number of nitrogens with zero attached hydrogens (tertiary/aromatic N) is 3. The van der Waals surface area contributed by atoms with E-state index in [1.165, 1.54) is 10.9 Å². The summed E-state index contributed by atoms with van der Waals surface area (Å²) < 4.78 is 6.10. The highest BCUT2D eigenvalue weighted by atomic mass is 16.5. The molecule has 0 unspecified atom stereocenters. The Balaban J connectivity index is 2.31. The van der Waals surface area contributed by atoms with Crippen LogP contribution in [-0.2, 0) is 11.8 Å². The van der Waals surface area contributed by atoms with Crippen molar-refractivity contribution in [3.05, 3.63) is 51.9 Å². The molecule has 1 N–H and O–H groups in total. The third-order valence-electron chi connectivity index (χ3n) is 2.57. The monoisotopic (exact) mass is 275 g/mol. The van der Waals surface area contributed by atoms with E-state index in [0.717, 1.165) is 10.4 Å². The van der Waals surface area contributed by atoms with Gasteiger partial charge in [-0.05, 0) is 12.5 Å². The van der Waals surface area contributed by atoms with Crippen LogP contribution in [0.2, 0.25) is 0 Å². The summed E-state index contributed by atoms with van der Waals surface area (Å²) in [5, 5.41) is 6.64. The molecule has 7 nitrogen and oxygen atoms in total. The average molecular weight is 275 g/mol. The lowest BCUT2D eigenvalue weighted by atomic mass is 10.2. The molecule has 0 aliphatic rings. The first-order valence-electron chi connectivity index (χ1n) is 6.11. The van der Waals surface area contributed by atoms with Gasteiger partial charge in [0.15, 0.2) is 0 Å². The lowest BCUT2D eigenvalue weighted by Gasteiger charge is -1.94. The Morgan fingerprint density at radius 2 is 2.15 bits per heavy atom. The minimum Gasteiger partial charge on any atom is -0.459 e. The van der Waals surface area contributed by atoms with Gasteiger partial charge >= 0.3 is 17.2 Å². The summed E-state index contributed by atoms with van der Waals surface area (Å²) in [6.07, 6.45) is 1.52. The van der Waals surface area contributed by atoms with Gasteiger partial charge in [-0.25, -0.2) is 9.59 Å². The summed E-state index contributed by atoms with van der Waals surface area (Å²) in [5.74, 6) is -0.676. The van der Waals surface area contributed by atoms with Crippen LogP contribution in [0.4, 0.5) is 0 Å². The van der Waals surface area contributed by atoms with Crippen molar-refractivity contribution < 1.29 is 14.2 Å². The highest BCUT2D eigenvalue weighted by Crippen LogP contribution is 1.94. The van der Waals surface area contributed by atoms with E-state index < -0.39 is 11.5 Å². The zero-order chi connectivity index (χ0) is 14.5. The van der Waals surface area contributed by atoms with Crippen molar-refractivity contribution >= 4 is 12.2 Å². The van der Waals surface area contributed by atoms with Gasteiger partial charge in [0.25, 0.3) is 0 Å². The summed E-state index contributed by atoms with van der Waals surface area (Å²) >= 11 is 0. The van der Waals surface area contributed by atoms with E-state index in [4.69, 9.17) is 4.74 Å². The fourth-order valence-corrected chi connectivity index (χ4v) is 1.65. The van der Waals surface area contributed by atoms with E-state index in [1.807, 2.05) is 30.3 Å². The Bertz CT molecular complexity index is 685. The Morgan fingerprint density at radius 3 is 2.80 bits per heavy atom. The van der Waals surface area contributed by atoms with Gasteiger partial charge in [-0.2, -0.15) is 0 Å². The SMILES string of the molecule is CCOC(=O)c1c(=O)n(/N=C/c2ccccc2)[nH][n+]1C. The molecule has 0 amide bonds. The molecule has 104 valence electrons. The van der Waals surface area contributed by atoms with E-state index in [9.17, 15) is 9.59 Å². The highest BCUT2D eigenvalue weighted by molar-refractivity contribution is 5.85. The number of H-pyrrole nitrogens is 1. The molecular weight excluding hydrogens is 260 g/mol. The maximum absolute atomic E-state index is 12.0. The summed E-state index contributed by atoms with van der Waals surface area (Å²) in [6, 6.07) is 9.32. The van der Waals surface area contributed by atoms with E-state index in [1.54, 1.807) is 14.0 Å². The Labute approximate surface area is 115 Å². The van der Waals surface area contributed by atoms with E-state index in [2.05, 4.69) is 10.3 Å². The van der Waals surface area contributed by atoms with Crippen molar-refractivity contribution in [1.82, 2.24) is 10.0 Å². The molecule has 2 rings (SSSR count). The second-order valence-corrected chi connectivity index (χ2v) is 4.00. The largest absolute Gasteiger partial charge is 0.459 e. The molecule has 0 aliphatic carbocycles. The summed E-state index contributed by atoms with van der Waals surface area (Å²) in [7, 11) is 1.54. The molecule has 0 radical (unpaired) electrons. The smallest absolute Gasteiger partial charge is 0.434 e. The summed E-state index contributed by atoms with van der Waals surface area (Å²) in [6.45, 7) is 1.88. The van der Waals surface area contributed by atoms with Gasteiger partial charge in [0.05, 0.1) is 12.8 Å². The molecule has 20 heavy (non-hydrogen) atoms. The van der Waals surface area contributed by atoms with Crippen LogP contribution in [0, 0.1) is 0 Å². The molecule has 1 heterocycles. The number of ether oxygens (including phenoxy) is 1. The number of aromatic nitrogens is 3. The number of esters is 1. The van der Waals surface area contributed by atoms with Crippen molar-refractivity contribution in [3.63, 3.8) is 0 Å². The molecule has 0 fully saturated rings. The lowest BCUT2D eigenvalue weighted by molar-refractivity contribution is -0.734. The summed E-state index contributed by atoms with van der Waals surface area (Å²) in [4.78, 5) is 24.7. The number of aromatic amines is 1. The van der Waals surface area contributed by atoms with Crippen LogP contribution in [0.15, 0.2) is 40.2 Å². The van der Waals surface area contributed by atoms with Gasteiger partial charge in [0, 0.05) is 4.79 Å². The zero-order valence-corrected chi connectivity index (χ0v) is 11.2. The van der Waals surface area contributed by atoms with Gasteiger partial charge in [-0.1, -0.05) is 40.6 Å². The Hall–Kier alpha value is -2.70. The molecule has 0 aliphatic heterocycles. The molecule has 0 bridgehead atoms. The first-order chi connectivity index (χ1) is 9.63. The topological polar surface area (TPSA) is 80.3 Å². The number of carbonyl (C=O) groups excluding carboxylic acids is 1. The predicted octanol–water partition coefficient (Wildman–Crippen LogP) is 0.0598. The standard InChI is InChI=1S/C13H14N4O3/c1-3-20-13(19)11-12(18)17(15-16(11)2)14-9-10-7-5-4-6-8-10/h4-9H,3H2,1-2H3/p+1/b14-9+. The van der Waals surface area contributed by atoms with E-state index in [-0.39, 0.29) is 12.3 Å². The van der Waals surface area contributed by atoms with Crippen LogP contribution in [0.1, 0.15) is 23.0 Å². The van der Waals surface area contributed by atoms with Crippen LogP contribution in [0.3, 0.4) is 0 Å². The van der Waals surface area contributed by atoms with E-state index in [0.29, 0.717) is 0 Å². The van der Waals surface area contributed by atoms with E-state index >= 15 is 0 Å². The molecular formula is C13H15N4O3+. The number of hydrogen-bond acceptors (Lipinski definition) is 4. The van der Waals surface area contributed by atoms with Gasteiger partial charge < -0.3 is 4.74 Å². The van der Waals surface area contributed by atoms with Crippen LogP contribution >= 0.6 is 0 Å². The number of nitrogens with one attached hydrogen (secondary N) is 1. The van der Waals surface area contributed by atoms with Crippen molar-refractivity contribution in [2.45, 2.75) is 6.92 Å². The van der Waals surface area contributed by atoms with Crippen LogP contribution in [0.25, 0.3) is 0 Å². The fraction of sp³-hybridized carbons (Fsp3) is 0.231. The van der Waals surface area contributed by atoms with Crippen LogP contribution < -0.4 is 10.2 Å². The maximum atomic E-state index is 12.0. The average Bonchev–Trinajstić information content (AvgIpc) is 2.72. The molecule has 0 saturated heterocycles. The van der Waals surface area contributed by atoms with Gasteiger partial charge in [0.1, 0.15) is 7.05 Å². The van der Waals surface area contributed by atoms with Crippen LogP contribution in [0.5, 0.6) is 0 Å². The second-order valence-electron chi connectivity index (χ2n) is 4.00. The van der Waals surface area contributed by atoms with Crippen molar-refractivity contribution in [2.24, 2.45) is 12.1 Å². The molecule has 1 aromatic carbocycles. The molecule has 7 heteroatoms. The van der Waals surface area contributed by atoms with Crippen molar-refractivity contribution in [2.75, 3.05) is 6.61 Å². The third-order valence-corrected chi connectivity index (χ3v) is 2.57. The molecule has 0 atom stereocenters. The minimum absolute atomic E-state index is 0.0999. The quantitative estimate of drug-likeness (QED) is 0.487. The van der Waals surface area contributed by atoms with Gasteiger partial charge in [-0.3, -0.25) is 0 Å². The highest BCUT2D eigenvalue weighted by Gasteiger charge is 2.27. The number of hydrogen-bond donors (Lipinski definition) is 1.